The molecule has 1 N–H and O–H groups in total. The molecule has 0 amide bonds. The van der Waals surface area contributed by atoms with Crippen LogP contribution >= 0.6 is 11.3 Å². The van der Waals surface area contributed by atoms with E-state index in [-0.39, 0.29) is 11.3 Å². The van der Waals surface area contributed by atoms with E-state index in [9.17, 15) is 13.2 Å². The highest BCUT2D eigenvalue weighted by Crippen LogP contribution is 2.22. The molecule has 3 rings (SSSR count). The maximum atomic E-state index is 12.0. The molecule has 0 aliphatic heterocycles. The van der Waals surface area contributed by atoms with Gasteiger partial charge in [-0.05, 0) is 30.5 Å². The first-order valence-electron chi connectivity index (χ1n) is 7.77. The third kappa shape index (κ3) is 4.43. The topological polar surface area (TPSA) is 93.4 Å². The SMILES string of the molecule is CCc1cc(=O)n2nc(Nc3ccc(CCS(C)(=O)=O)cc3)sc2n1. The zero-order valence-electron chi connectivity index (χ0n) is 13.9. The third-order valence-corrected chi connectivity index (χ3v) is 5.40. The number of aryl methyl sites for hydroxylation is 2. The summed E-state index contributed by atoms with van der Waals surface area (Å²) in [5.41, 5.74) is 2.31. The molecule has 0 spiro atoms. The molecule has 0 fully saturated rings. The lowest BCUT2D eigenvalue weighted by molar-refractivity contribution is 0.601. The van der Waals surface area contributed by atoms with Gasteiger partial charge in [-0.25, -0.2) is 13.4 Å². The summed E-state index contributed by atoms with van der Waals surface area (Å²) >= 11 is 1.30. The minimum Gasteiger partial charge on any atom is -0.330 e. The minimum atomic E-state index is -2.97. The molecule has 132 valence electrons. The summed E-state index contributed by atoms with van der Waals surface area (Å²) in [5.74, 6) is 0.131. The van der Waals surface area contributed by atoms with Crippen molar-refractivity contribution in [2.45, 2.75) is 19.8 Å². The Balaban J connectivity index is 1.77. The van der Waals surface area contributed by atoms with Gasteiger partial charge in [0.15, 0.2) is 0 Å². The molecule has 0 unspecified atom stereocenters. The summed E-state index contributed by atoms with van der Waals surface area (Å²) in [4.78, 5) is 17.0. The van der Waals surface area contributed by atoms with Gasteiger partial charge in [-0.2, -0.15) is 4.52 Å². The quantitative estimate of drug-likeness (QED) is 0.705. The molecular formula is C16H18N4O3S2. The van der Waals surface area contributed by atoms with Crippen molar-refractivity contribution in [3.05, 3.63) is 51.9 Å². The second-order valence-electron chi connectivity index (χ2n) is 5.74. The highest BCUT2D eigenvalue weighted by molar-refractivity contribution is 7.90. The van der Waals surface area contributed by atoms with Gasteiger partial charge in [-0.3, -0.25) is 4.79 Å². The van der Waals surface area contributed by atoms with E-state index < -0.39 is 9.84 Å². The maximum absolute atomic E-state index is 12.0. The summed E-state index contributed by atoms with van der Waals surface area (Å²) in [6, 6.07) is 8.96. The molecule has 0 saturated carbocycles. The van der Waals surface area contributed by atoms with Crippen LogP contribution in [0.25, 0.3) is 4.96 Å². The van der Waals surface area contributed by atoms with Gasteiger partial charge in [0.25, 0.3) is 5.56 Å². The molecule has 0 aliphatic carbocycles. The Morgan fingerprint density at radius 3 is 2.60 bits per heavy atom. The number of fused-ring (bicyclic) bond motifs is 1. The first-order chi connectivity index (χ1) is 11.8. The number of benzene rings is 1. The Morgan fingerprint density at radius 1 is 1.24 bits per heavy atom. The molecule has 0 aliphatic rings. The van der Waals surface area contributed by atoms with Crippen molar-refractivity contribution in [2.75, 3.05) is 17.3 Å². The molecule has 7 nitrogen and oxygen atoms in total. The Labute approximate surface area is 149 Å². The van der Waals surface area contributed by atoms with Crippen molar-refractivity contribution in [2.24, 2.45) is 0 Å². The van der Waals surface area contributed by atoms with Crippen LogP contribution in [0.2, 0.25) is 0 Å². The second-order valence-corrected chi connectivity index (χ2v) is 8.96. The maximum Gasteiger partial charge on any atom is 0.275 e. The van der Waals surface area contributed by atoms with Crippen LogP contribution in [0, 0.1) is 0 Å². The molecular weight excluding hydrogens is 360 g/mol. The van der Waals surface area contributed by atoms with Gasteiger partial charge in [0.1, 0.15) is 9.84 Å². The number of aromatic nitrogens is 3. The summed E-state index contributed by atoms with van der Waals surface area (Å²) in [6.45, 7) is 1.95. The van der Waals surface area contributed by atoms with Crippen molar-refractivity contribution in [1.82, 2.24) is 14.6 Å². The van der Waals surface area contributed by atoms with E-state index in [1.54, 1.807) is 0 Å². The smallest absolute Gasteiger partial charge is 0.275 e. The predicted molar refractivity (Wildman–Crippen MR) is 99.7 cm³/mol. The molecule has 25 heavy (non-hydrogen) atoms. The molecule has 3 aromatic rings. The highest BCUT2D eigenvalue weighted by Gasteiger charge is 2.09. The summed E-state index contributed by atoms with van der Waals surface area (Å²) in [7, 11) is -2.97. The fraction of sp³-hybridized carbons (Fsp3) is 0.312. The van der Waals surface area contributed by atoms with Crippen LogP contribution in [-0.4, -0.2) is 35.0 Å². The van der Waals surface area contributed by atoms with E-state index in [0.717, 1.165) is 16.9 Å². The molecule has 0 bridgehead atoms. The summed E-state index contributed by atoms with van der Waals surface area (Å²) in [5, 5.41) is 7.96. The van der Waals surface area contributed by atoms with Crippen LogP contribution in [0.3, 0.4) is 0 Å². The number of sulfone groups is 1. The van der Waals surface area contributed by atoms with Gasteiger partial charge in [0.2, 0.25) is 10.1 Å². The lowest BCUT2D eigenvalue weighted by Crippen LogP contribution is -2.15. The number of hydrogen-bond donors (Lipinski definition) is 1. The van der Waals surface area contributed by atoms with Gasteiger partial charge in [0, 0.05) is 23.7 Å². The van der Waals surface area contributed by atoms with Gasteiger partial charge < -0.3 is 5.32 Å². The Morgan fingerprint density at radius 2 is 1.96 bits per heavy atom. The van der Waals surface area contributed by atoms with E-state index in [2.05, 4.69) is 15.4 Å². The van der Waals surface area contributed by atoms with Crippen molar-refractivity contribution in [3.63, 3.8) is 0 Å². The van der Waals surface area contributed by atoms with Gasteiger partial charge >= 0.3 is 0 Å². The zero-order chi connectivity index (χ0) is 18.0. The monoisotopic (exact) mass is 378 g/mol. The van der Waals surface area contributed by atoms with Crippen LogP contribution in [0.15, 0.2) is 35.1 Å². The molecule has 9 heteroatoms. The summed E-state index contributed by atoms with van der Waals surface area (Å²) in [6.07, 6.45) is 2.41. The van der Waals surface area contributed by atoms with Crippen molar-refractivity contribution < 1.29 is 8.42 Å². The zero-order valence-corrected chi connectivity index (χ0v) is 15.5. The molecule has 2 heterocycles. The first-order valence-corrected chi connectivity index (χ1v) is 10.7. The second kappa shape index (κ2) is 6.93. The number of hydrogen-bond acceptors (Lipinski definition) is 7. The van der Waals surface area contributed by atoms with Gasteiger partial charge in [0.05, 0.1) is 5.75 Å². The normalized spacial score (nSPS) is 11.8. The minimum absolute atomic E-state index is 0.131. The standard InChI is InChI=1S/C16H18N4O3S2/c1-3-12-10-14(21)20-16(18-12)24-15(19-20)17-13-6-4-11(5-7-13)8-9-25(2,22)23/h4-7,10H,3,8-9H2,1-2H3,(H,17,19). The molecule has 1 aromatic carbocycles. The lowest BCUT2D eigenvalue weighted by atomic mass is 10.1. The predicted octanol–water partition coefficient (Wildman–Crippen LogP) is 2.04. The molecule has 0 saturated heterocycles. The molecule has 0 atom stereocenters. The van der Waals surface area contributed by atoms with E-state index in [0.29, 0.717) is 22.9 Å². The Kier molecular flexibility index (Phi) is 4.87. The van der Waals surface area contributed by atoms with Crippen LogP contribution in [-0.2, 0) is 22.7 Å². The van der Waals surface area contributed by atoms with Crippen molar-refractivity contribution in [3.8, 4) is 0 Å². The average molecular weight is 378 g/mol. The van der Waals surface area contributed by atoms with Crippen molar-refractivity contribution in [1.29, 1.82) is 0 Å². The Bertz CT molecular complexity index is 1050. The van der Waals surface area contributed by atoms with Crippen LogP contribution in [0.5, 0.6) is 0 Å². The number of anilines is 2. The largest absolute Gasteiger partial charge is 0.330 e. The van der Waals surface area contributed by atoms with E-state index in [1.165, 1.54) is 28.2 Å². The first kappa shape index (κ1) is 17.6. The Hall–Kier alpha value is -2.26. The van der Waals surface area contributed by atoms with Crippen molar-refractivity contribution >= 4 is 37.0 Å². The van der Waals surface area contributed by atoms with Crippen LogP contribution in [0.4, 0.5) is 10.8 Å². The van der Waals surface area contributed by atoms with E-state index in [1.807, 2.05) is 31.2 Å². The van der Waals surface area contributed by atoms with Gasteiger partial charge in [-0.1, -0.05) is 30.4 Å². The van der Waals surface area contributed by atoms with E-state index >= 15 is 0 Å². The van der Waals surface area contributed by atoms with Crippen LogP contribution in [0.1, 0.15) is 18.2 Å². The highest BCUT2D eigenvalue weighted by atomic mass is 32.2. The fourth-order valence-electron chi connectivity index (χ4n) is 2.27. The molecule has 2 aromatic heterocycles. The fourth-order valence-corrected chi connectivity index (χ4v) is 3.72. The summed E-state index contributed by atoms with van der Waals surface area (Å²) < 4.78 is 23.7. The third-order valence-electron chi connectivity index (χ3n) is 3.63. The average Bonchev–Trinajstić information content (AvgIpc) is 2.96. The molecule has 0 radical (unpaired) electrons. The number of nitrogens with one attached hydrogen (secondary N) is 1. The van der Waals surface area contributed by atoms with Crippen LogP contribution < -0.4 is 10.9 Å². The number of nitrogens with zero attached hydrogens (tertiary/aromatic N) is 3. The van der Waals surface area contributed by atoms with Gasteiger partial charge in [-0.15, -0.1) is 5.10 Å². The number of rotatable bonds is 6. The van der Waals surface area contributed by atoms with E-state index in [4.69, 9.17) is 0 Å². The lowest BCUT2D eigenvalue weighted by Gasteiger charge is -2.04.